The number of piperidine rings is 1. The average Bonchev–Trinajstić information content (AvgIpc) is 2.75. The Morgan fingerprint density at radius 1 is 0.897 bits per heavy atom. The molecule has 3 nitrogen and oxygen atoms in total. The fraction of sp³-hybridized carbons (Fsp3) is 0.240. The number of benzene rings is 3. The Morgan fingerprint density at radius 2 is 1.59 bits per heavy atom. The van der Waals surface area contributed by atoms with Gasteiger partial charge in [-0.15, -0.1) is 0 Å². The average molecular weight is 389 g/mol. The quantitative estimate of drug-likeness (QED) is 0.506. The predicted octanol–water partition coefficient (Wildman–Crippen LogP) is 5.71. The fourth-order valence-corrected chi connectivity index (χ4v) is 3.79. The molecule has 0 aliphatic carbocycles. The maximum atomic E-state index is 13.1. The molecule has 0 N–H and O–H groups in total. The standard InChI is InChI=1S/C25H24FNO2/c26-22-11-9-20(10-12-22)25(28)21-13-15-27(16-14-21)18-19-5-4-8-24(17-19)29-23-6-2-1-3-7-23/h1-12,17,21H,13-16,18H2. The van der Waals surface area contributed by atoms with Gasteiger partial charge in [0, 0.05) is 18.0 Å². The van der Waals surface area contributed by atoms with Crippen LogP contribution >= 0.6 is 0 Å². The number of carbonyl (C=O) groups is 1. The van der Waals surface area contributed by atoms with Crippen LogP contribution in [0, 0.1) is 11.7 Å². The van der Waals surface area contributed by atoms with Gasteiger partial charge in [0.2, 0.25) is 0 Å². The molecular formula is C25H24FNO2. The van der Waals surface area contributed by atoms with Gasteiger partial charge in [-0.2, -0.15) is 0 Å². The van der Waals surface area contributed by atoms with Crippen LogP contribution in [0.3, 0.4) is 0 Å². The lowest BCUT2D eigenvalue weighted by Crippen LogP contribution is -2.35. The summed E-state index contributed by atoms with van der Waals surface area (Å²) in [4.78, 5) is 15.0. The molecule has 1 fully saturated rings. The number of hydrogen-bond acceptors (Lipinski definition) is 3. The zero-order valence-corrected chi connectivity index (χ0v) is 16.3. The molecule has 29 heavy (non-hydrogen) atoms. The minimum atomic E-state index is -0.310. The molecule has 1 aliphatic rings. The van der Waals surface area contributed by atoms with Crippen molar-refractivity contribution in [2.75, 3.05) is 13.1 Å². The molecule has 1 heterocycles. The molecule has 0 saturated carbocycles. The molecular weight excluding hydrogens is 365 g/mol. The monoisotopic (exact) mass is 389 g/mol. The smallest absolute Gasteiger partial charge is 0.166 e. The molecule has 3 aromatic carbocycles. The first-order valence-corrected chi connectivity index (χ1v) is 10.0. The van der Waals surface area contributed by atoms with Crippen molar-refractivity contribution in [1.82, 2.24) is 4.90 Å². The number of para-hydroxylation sites is 1. The minimum absolute atomic E-state index is 0.0180. The lowest BCUT2D eigenvalue weighted by Gasteiger charge is -2.31. The van der Waals surface area contributed by atoms with E-state index < -0.39 is 0 Å². The van der Waals surface area contributed by atoms with Crippen LogP contribution in [0.4, 0.5) is 4.39 Å². The number of ketones is 1. The van der Waals surface area contributed by atoms with Crippen molar-refractivity contribution in [3.63, 3.8) is 0 Å². The Morgan fingerprint density at radius 3 is 2.31 bits per heavy atom. The Kier molecular flexibility index (Phi) is 6.01. The molecule has 0 spiro atoms. The first-order valence-electron chi connectivity index (χ1n) is 10.0. The number of Topliss-reactive ketones (excluding diaryl/α,β-unsaturated/α-hetero) is 1. The molecule has 0 radical (unpaired) electrons. The summed E-state index contributed by atoms with van der Waals surface area (Å²) in [5.74, 6) is 1.49. The van der Waals surface area contributed by atoms with Crippen LogP contribution in [0.2, 0.25) is 0 Å². The van der Waals surface area contributed by atoms with Gasteiger partial charge < -0.3 is 4.74 Å². The van der Waals surface area contributed by atoms with Crippen molar-refractivity contribution in [2.24, 2.45) is 5.92 Å². The molecule has 3 aromatic rings. The van der Waals surface area contributed by atoms with Crippen molar-refractivity contribution in [2.45, 2.75) is 19.4 Å². The largest absolute Gasteiger partial charge is 0.457 e. The van der Waals surface area contributed by atoms with Gasteiger partial charge in [-0.25, -0.2) is 4.39 Å². The molecule has 1 aliphatic heterocycles. The van der Waals surface area contributed by atoms with E-state index >= 15 is 0 Å². The van der Waals surface area contributed by atoms with Crippen LogP contribution in [-0.4, -0.2) is 23.8 Å². The lowest BCUT2D eigenvalue weighted by atomic mass is 9.89. The molecule has 0 aromatic heterocycles. The highest BCUT2D eigenvalue weighted by molar-refractivity contribution is 5.97. The first kappa shape index (κ1) is 19.3. The van der Waals surface area contributed by atoms with Gasteiger partial charge in [0.15, 0.2) is 5.78 Å². The molecule has 0 amide bonds. The van der Waals surface area contributed by atoms with Crippen LogP contribution in [0.25, 0.3) is 0 Å². The number of halogens is 1. The van der Waals surface area contributed by atoms with E-state index in [-0.39, 0.29) is 17.5 Å². The third-order valence-corrected chi connectivity index (χ3v) is 5.37. The molecule has 0 atom stereocenters. The van der Waals surface area contributed by atoms with E-state index in [2.05, 4.69) is 17.0 Å². The maximum Gasteiger partial charge on any atom is 0.166 e. The summed E-state index contributed by atoms with van der Waals surface area (Å²) in [6, 6.07) is 23.8. The van der Waals surface area contributed by atoms with E-state index in [1.165, 1.54) is 17.7 Å². The molecule has 0 bridgehead atoms. The topological polar surface area (TPSA) is 29.5 Å². The van der Waals surface area contributed by atoms with E-state index in [9.17, 15) is 9.18 Å². The van der Waals surface area contributed by atoms with Crippen molar-refractivity contribution < 1.29 is 13.9 Å². The number of ether oxygens (including phenoxy) is 1. The van der Waals surface area contributed by atoms with Crippen molar-refractivity contribution >= 4 is 5.78 Å². The second-order valence-electron chi connectivity index (χ2n) is 7.48. The SMILES string of the molecule is O=C(c1ccc(F)cc1)C1CCN(Cc2cccc(Oc3ccccc3)c2)CC1. The summed E-state index contributed by atoms with van der Waals surface area (Å²) in [5, 5.41) is 0. The Balaban J connectivity index is 1.32. The zero-order valence-electron chi connectivity index (χ0n) is 16.3. The van der Waals surface area contributed by atoms with E-state index in [4.69, 9.17) is 4.74 Å². The van der Waals surface area contributed by atoms with Crippen molar-refractivity contribution in [1.29, 1.82) is 0 Å². The summed E-state index contributed by atoms with van der Waals surface area (Å²) >= 11 is 0. The van der Waals surface area contributed by atoms with Crippen molar-refractivity contribution in [3.05, 3.63) is 95.8 Å². The highest BCUT2D eigenvalue weighted by Gasteiger charge is 2.25. The molecule has 4 heteroatoms. The summed E-state index contributed by atoms with van der Waals surface area (Å²) in [6.07, 6.45) is 1.66. The van der Waals surface area contributed by atoms with Gasteiger partial charge >= 0.3 is 0 Å². The second-order valence-corrected chi connectivity index (χ2v) is 7.48. The van der Waals surface area contributed by atoms with Crippen molar-refractivity contribution in [3.8, 4) is 11.5 Å². The maximum absolute atomic E-state index is 13.1. The van der Waals surface area contributed by atoms with Gasteiger partial charge in [-0.05, 0) is 80.0 Å². The predicted molar refractivity (Wildman–Crippen MR) is 112 cm³/mol. The Bertz CT molecular complexity index is 948. The highest BCUT2D eigenvalue weighted by Crippen LogP contribution is 2.25. The van der Waals surface area contributed by atoms with Gasteiger partial charge in [-0.3, -0.25) is 9.69 Å². The molecule has 1 saturated heterocycles. The van der Waals surface area contributed by atoms with Crippen LogP contribution in [0.1, 0.15) is 28.8 Å². The van der Waals surface area contributed by atoms with E-state index in [1.54, 1.807) is 12.1 Å². The summed E-state index contributed by atoms with van der Waals surface area (Å²) in [7, 11) is 0. The molecule has 148 valence electrons. The first-order chi connectivity index (χ1) is 14.2. The van der Waals surface area contributed by atoms with Crippen LogP contribution in [0.15, 0.2) is 78.9 Å². The summed E-state index contributed by atoms with van der Waals surface area (Å²) < 4.78 is 19.0. The Labute approximate surface area is 170 Å². The Hall–Kier alpha value is -2.98. The van der Waals surface area contributed by atoms with Gasteiger partial charge in [0.25, 0.3) is 0 Å². The van der Waals surface area contributed by atoms with Crippen LogP contribution < -0.4 is 4.74 Å². The number of nitrogens with zero attached hydrogens (tertiary/aromatic N) is 1. The number of rotatable bonds is 6. The number of carbonyl (C=O) groups excluding carboxylic acids is 1. The lowest BCUT2D eigenvalue weighted by molar-refractivity contribution is 0.0835. The van der Waals surface area contributed by atoms with E-state index in [1.807, 2.05) is 42.5 Å². The third-order valence-electron chi connectivity index (χ3n) is 5.37. The van der Waals surface area contributed by atoms with Gasteiger partial charge in [-0.1, -0.05) is 30.3 Å². The second kappa shape index (κ2) is 9.01. The van der Waals surface area contributed by atoms with Gasteiger partial charge in [0.1, 0.15) is 17.3 Å². The van der Waals surface area contributed by atoms with E-state index in [0.29, 0.717) is 5.56 Å². The van der Waals surface area contributed by atoms with Crippen LogP contribution in [0.5, 0.6) is 11.5 Å². The molecule has 4 rings (SSSR count). The van der Waals surface area contributed by atoms with Crippen LogP contribution in [-0.2, 0) is 6.54 Å². The number of hydrogen-bond donors (Lipinski definition) is 0. The highest BCUT2D eigenvalue weighted by atomic mass is 19.1. The third kappa shape index (κ3) is 5.09. The van der Waals surface area contributed by atoms with E-state index in [0.717, 1.165) is 44.0 Å². The normalized spacial score (nSPS) is 15.2. The fourth-order valence-electron chi connectivity index (χ4n) is 3.79. The minimum Gasteiger partial charge on any atom is -0.457 e. The summed E-state index contributed by atoms with van der Waals surface area (Å²) in [5.41, 5.74) is 1.80. The van der Waals surface area contributed by atoms with Gasteiger partial charge in [0.05, 0.1) is 0 Å². The zero-order chi connectivity index (χ0) is 20.1. The summed E-state index contributed by atoms with van der Waals surface area (Å²) in [6.45, 7) is 2.59. The number of likely N-dealkylation sites (tertiary alicyclic amines) is 1. The molecule has 0 unspecified atom stereocenters.